The highest BCUT2D eigenvalue weighted by molar-refractivity contribution is 8.33. The molecule has 0 N–H and O–H groups in total. The normalized spacial score (nSPS) is 13.3. The van der Waals surface area contributed by atoms with Gasteiger partial charge in [0.05, 0.1) is 0 Å². The largest absolute Gasteiger partial charge is 0.214 e. The topological polar surface area (TPSA) is 0 Å². The molecule has 0 saturated heterocycles. The van der Waals surface area contributed by atoms with Gasteiger partial charge in [-0.05, 0) is 37.3 Å². The standard InChI is InChI=1S/C10H18S2/c1-5-6-9-7-8-10(11-9)12(2,3)4/h7-8H,5-6H2,1-4H3. The van der Waals surface area contributed by atoms with Crippen molar-refractivity contribution in [2.45, 2.75) is 24.0 Å². The highest BCUT2D eigenvalue weighted by Crippen LogP contribution is 2.48. The van der Waals surface area contributed by atoms with Crippen LogP contribution in [-0.2, 0) is 6.42 Å². The van der Waals surface area contributed by atoms with Crippen LogP contribution in [-0.4, -0.2) is 18.8 Å². The fourth-order valence-electron chi connectivity index (χ4n) is 1.07. The molecule has 0 aromatic carbocycles. The van der Waals surface area contributed by atoms with Gasteiger partial charge >= 0.3 is 0 Å². The minimum atomic E-state index is -0.482. The lowest BCUT2D eigenvalue weighted by molar-refractivity contribution is 0.940. The highest BCUT2D eigenvalue weighted by Gasteiger charge is 2.10. The molecular weight excluding hydrogens is 184 g/mol. The number of rotatable bonds is 3. The minimum Gasteiger partial charge on any atom is -0.214 e. The molecule has 0 aliphatic carbocycles. The summed E-state index contributed by atoms with van der Waals surface area (Å²) in [4.78, 5) is 1.55. The van der Waals surface area contributed by atoms with Gasteiger partial charge in [0.15, 0.2) is 0 Å². The molecule has 0 bridgehead atoms. The second kappa shape index (κ2) is 3.84. The van der Waals surface area contributed by atoms with Crippen LogP contribution in [0.1, 0.15) is 18.2 Å². The second-order valence-electron chi connectivity index (χ2n) is 3.81. The van der Waals surface area contributed by atoms with Gasteiger partial charge in [-0.15, -0.1) is 11.3 Å². The van der Waals surface area contributed by atoms with Crippen molar-refractivity contribution >= 4 is 21.4 Å². The first kappa shape index (κ1) is 10.1. The van der Waals surface area contributed by atoms with Crippen LogP contribution in [0.5, 0.6) is 0 Å². The van der Waals surface area contributed by atoms with E-state index in [-0.39, 0.29) is 0 Å². The lowest BCUT2D eigenvalue weighted by atomic mass is 10.3. The minimum absolute atomic E-state index is 0.482. The molecule has 0 amide bonds. The van der Waals surface area contributed by atoms with Gasteiger partial charge in [0.1, 0.15) is 0 Å². The third-order valence-electron chi connectivity index (χ3n) is 1.74. The van der Waals surface area contributed by atoms with Crippen LogP contribution in [0.3, 0.4) is 0 Å². The van der Waals surface area contributed by atoms with E-state index in [0.29, 0.717) is 0 Å². The maximum Gasteiger partial charge on any atom is 0.0425 e. The molecule has 0 saturated carbocycles. The monoisotopic (exact) mass is 202 g/mol. The molecule has 1 aromatic rings. The predicted molar refractivity (Wildman–Crippen MR) is 61.9 cm³/mol. The van der Waals surface area contributed by atoms with Gasteiger partial charge in [-0.1, -0.05) is 13.3 Å². The van der Waals surface area contributed by atoms with Crippen LogP contribution in [0.2, 0.25) is 0 Å². The SMILES string of the molecule is CCCc1ccc(S(C)(C)C)s1. The average Bonchev–Trinajstić information content (AvgIpc) is 2.35. The molecule has 70 valence electrons. The lowest BCUT2D eigenvalue weighted by Crippen LogP contribution is -1.87. The van der Waals surface area contributed by atoms with Crippen molar-refractivity contribution in [2.75, 3.05) is 18.8 Å². The van der Waals surface area contributed by atoms with Gasteiger partial charge in [0, 0.05) is 9.09 Å². The van der Waals surface area contributed by atoms with Crippen LogP contribution in [0.25, 0.3) is 0 Å². The Morgan fingerprint density at radius 2 is 1.92 bits per heavy atom. The van der Waals surface area contributed by atoms with Crippen LogP contribution in [0.4, 0.5) is 0 Å². The van der Waals surface area contributed by atoms with Crippen molar-refractivity contribution in [3.63, 3.8) is 0 Å². The summed E-state index contributed by atoms with van der Waals surface area (Å²) >= 11 is 2.00. The molecule has 0 aliphatic rings. The van der Waals surface area contributed by atoms with Crippen molar-refractivity contribution in [1.29, 1.82) is 0 Å². The fourth-order valence-corrected chi connectivity index (χ4v) is 3.70. The Hall–Kier alpha value is 0.0500. The molecule has 0 aliphatic heterocycles. The summed E-state index contributed by atoms with van der Waals surface area (Å²) in [6.07, 6.45) is 9.58. The summed E-state index contributed by atoms with van der Waals surface area (Å²) in [6, 6.07) is 4.60. The summed E-state index contributed by atoms with van der Waals surface area (Å²) in [5.74, 6) is 0. The third kappa shape index (κ3) is 2.53. The van der Waals surface area contributed by atoms with Crippen LogP contribution in [0.15, 0.2) is 16.3 Å². The van der Waals surface area contributed by atoms with Crippen LogP contribution < -0.4 is 0 Å². The zero-order valence-corrected chi connectivity index (χ0v) is 10.0. The van der Waals surface area contributed by atoms with Gasteiger partial charge in [0.2, 0.25) is 0 Å². The fraction of sp³-hybridized carbons (Fsp3) is 0.600. The summed E-state index contributed by atoms with van der Waals surface area (Å²) in [5, 5.41) is 0. The summed E-state index contributed by atoms with van der Waals surface area (Å²) < 4.78 is 1.59. The Morgan fingerprint density at radius 1 is 1.25 bits per heavy atom. The Kier molecular flexibility index (Phi) is 3.24. The number of aryl methyl sites for hydroxylation is 1. The third-order valence-corrected chi connectivity index (χ3v) is 5.77. The van der Waals surface area contributed by atoms with Crippen LogP contribution >= 0.6 is 21.4 Å². The first-order chi connectivity index (χ1) is 5.54. The lowest BCUT2D eigenvalue weighted by Gasteiger charge is -2.22. The summed E-state index contributed by atoms with van der Waals surface area (Å²) in [6.45, 7) is 2.24. The van der Waals surface area contributed by atoms with Gasteiger partial charge in [-0.25, -0.2) is 10.0 Å². The first-order valence-corrected chi connectivity index (χ1v) is 7.98. The van der Waals surface area contributed by atoms with Gasteiger partial charge in [-0.2, -0.15) is 0 Å². The van der Waals surface area contributed by atoms with E-state index >= 15 is 0 Å². The Morgan fingerprint density at radius 3 is 2.33 bits per heavy atom. The molecule has 0 fully saturated rings. The second-order valence-corrected chi connectivity index (χ2v) is 9.35. The van der Waals surface area contributed by atoms with Crippen molar-refractivity contribution < 1.29 is 0 Å². The molecule has 0 radical (unpaired) electrons. The van der Waals surface area contributed by atoms with E-state index in [1.807, 2.05) is 11.3 Å². The first-order valence-electron chi connectivity index (χ1n) is 4.31. The van der Waals surface area contributed by atoms with E-state index < -0.39 is 10.0 Å². The number of hydrogen-bond acceptors (Lipinski definition) is 1. The zero-order valence-electron chi connectivity index (χ0n) is 8.39. The quantitative estimate of drug-likeness (QED) is 0.700. The zero-order chi connectivity index (χ0) is 9.19. The van der Waals surface area contributed by atoms with Crippen molar-refractivity contribution in [3.8, 4) is 0 Å². The molecule has 12 heavy (non-hydrogen) atoms. The molecular formula is C10H18S2. The van der Waals surface area contributed by atoms with Crippen molar-refractivity contribution in [2.24, 2.45) is 0 Å². The van der Waals surface area contributed by atoms with Crippen molar-refractivity contribution in [3.05, 3.63) is 17.0 Å². The maximum atomic E-state index is 2.36. The van der Waals surface area contributed by atoms with E-state index in [2.05, 4.69) is 37.8 Å². The molecule has 2 heteroatoms. The van der Waals surface area contributed by atoms with Gasteiger partial charge < -0.3 is 0 Å². The van der Waals surface area contributed by atoms with E-state index in [1.54, 1.807) is 9.09 Å². The average molecular weight is 202 g/mol. The Balaban J connectivity index is 2.77. The highest BCUT2D eigenvalue weighted by atomic mass is 32.3. The molecule has 0 atom stereocenters. The van der Waals surface area contributed by atoms with E-state index in [4.69, 9.17) is 0 Å². The number of thiophene rings is 1. The Bertz CT molecular complexity index is 243. The van der Waals surface area contributed by atoms with Crippen LogP contribution in [0, 0.1) is 0 Å². The molecule has 0 spiro atoms. The smallest absolute Gasteiger partial charge is 0.0425 e. The molecule has 0 nitrogen and oxygen atoms in total. The molecule has 0 unspecified atom stereocenters. The molecule has 1 heterocycles. The number of hydrogen-bond donors (Lipinski definition) is 0. The van der Waals surface area contributed by atoms with Gasteiger partial charge in [0.25, 0.3) is 0 Å². The van der Waals surface area contributed by atoms with E-state index in [1.165, 1.54) is 12.8 Å². The van der Waals surface area contributed by atoms with Gasteiger partial charge in [-0.3, -0.25) is 0 Å². The van der Waals surface area contributed by atoms with E-state index in [9.17, 15) is 0 Å². The Labute approximate surface area is 81.3 Å². The van der Waals surface area contributed by atoms with Crippen molar-refractivity contribution in [1.82, 2.24) is 0 Å². The van der Waals surface area contributed by atoms with E-state index in [0.717, 1.165) is 0 Å². The summed E-state index contributed by atoms with van der Waals surface area (Å²) in [7, 11) is -0.482. The summed E-state index contributed by atoms with van der Waals surface area (Å²) in [5.41, 5.74) is 0. The predicted octanol–water partition coefficient (Wildman–Crippen LogP) is 3.75. The maximum absolute atomic E-state index is 2.36. The molecule has 1 rings (SSSR count). The molecule has 1 aromatic heterocycles.